The molecule has 0 fully saturated rings. The summed E-state index contributed by atoms with van der Waals surface area (Å²) in [6.45, 7) is 0. The lowest BCUT2D eigenvalue weighted by Crippen LogP contribution is -1.99. The predicted octanol–water partition coefficient (Wildman–Crippen LogP) is 1.64. The van der Waals surface area contributed by atoms with E-state index < -0.39 is 17.4 Å². The second-order valence-corrected chi connectivity index (χ2v) is 2.83. The van der Waals surface area contributed by atoms with E-state index in [-0.39, 0.29) is 3.57 Å². The van der Waals surface area contributed by atoms with E-state index in [0.29, 0.717) is 0 Å². The Labute approximate surface area is 69.8 Å². The first-order chi connectivity index (χ1) is 4.63. The molecule has 4 heteroatoms. The molecule has 1 rings (SSSR count). The molecule has 0 heterocycles. The van der Waals surface area contributed by atoms with Crippen molar-refractivity contribution in [3.8, 4) is 5.75 Å². The van der Waals surface area contributed by atoms with Crippen LogP contribution in [0.3, 0.4) is 0 Å². The van der Waals surface area contributed by atoms with E-state index in [1.54, 1.807) is 22.6 Å². The van der Waals surface area contributed by atoms with E-state index in [9.17, 15) is 13.9 Å². The minimum absolute atomic E-state index is 0.191. The molecule has 0 unspecified atom stereocenters. The highest BCUT2D eigenvalue weighted by Crippen LogP contribution is 2.21. The van der Waals surface area contributed by atoms with E-state index in [0.717, 1.165) is 6.07 Å². The van der Waals surface area contributed by atoms with Gasteiger partial charge in [-0.3, -0.25) is 0 Å². The van der Waals surface area contributed by atoms with Gasteiger partial charge in [-0.2, -0.15) is 0 Å². The summed E-state index contributed by atoms with van der Waals surface area (Å²) in [5, 5.41) is 10.6. The molecule has 0 spiro atoms. The molecule has 0 bridgehead atoms. The van der Waals surface area contributed by atoms with Gasteiger partial charge in [-0.15, -0.1) is 0 Å². The average Bonchev–Trinajstić information content (AvgIpc) is 1.93. The van der Waals surface area contributed by atoms with Gasteiger partial charge in [0.2, 0.25) is 0 Å². The molecule has 1 aromatic carbocycles. The van der Waals surface area contributed by atoms with Crippen LogP contribution in [-0.4, -0.2) is 0 Å². The first kappa shape index (κ1) is 7.71. The number of halogens is 3. The minimum Gasteiger partial charge on any atom is -0.870 e. The largest absolute Gasteiger partial charge is 0.870 e. The van der Waals surface area contributed by atoms with Crippen LogP contribution in [0.2, 0.25) is 0 Å². The summed E-state index contributed by atoms with van der Waals surface area (Å²) in [7, 11) is 0. The summed E-state index contributed by atoms with van der Waals surface area (Å²) in [6, 6.07) is 2.17. The maximum atomic E-state index is 12.3. The maximum absolute atomic E-state index is 12.3. The van der Waals surface area contributed by atoms with E-state index in [4.69, 9.17) is 0 Å². The molecule has 0 aliphatic heterocycles. The average molecular weight is 255 g/mol. The molecule has 0 amide bonds. The van der Waals surface area contributed by atoms with Crippen LogP contribution in [0.4, 0.5) is 8.78 Å². The highest BCUT2D eigenvalue weighted by atomic mass is 127. The van der Waals surface area contributed by atoms with Crippen molar-refractivity contribution in [3.05, 3.63) is 27.3 Å². The molecule has 10 heavy (non-hydrogen) atoms. The van der Waals surface area contributed by atoms with Crippen LogP contribution in [0.5, 0.6) is 5.75 Å². The standard InChI is InChI=1S/C6H3F2IO/c7-3-1-2-4(9)6(10)5(3)8/h1-2,10H/p-1. The number of benzene rings is 1. The second kappa shape index (κ2) is 2.69. The summed E-state index contributed by atoms with van der Waals surface area (Å²) >= 11 is 1.65. The lowest BCUT2D eigenvalue weighted by Gasteiger charge is -2.08. The molecule has 0 aromatic heterocycles. The fourth-order valence-electron chi connectivity index (χ4n) is 0.508. The molecule has 0 aliphatic carbocycles. The van der Waals surface area contributed by atoms with Crippen LogP contribution in [0.15, 0.2) is 12.1 Å². The van der Waals surface area contributed by atoms with Crippen molar-refractivity contribution in [2.45, 2.75) is 0 Å². The zero-order valence-corrected chi connectivity index (χ0v) is 6.85. The van der Waals surface area contributed by atoms with Crippen molar-refractivity contribution in [1.82, 2.24) is 0 Å². The van der Waals surface area contributed by atoms with Gasteiger partial charge in [0.25, 0.3) is 0 Å². The van der Waals surface area contributed by atoms with Gasteiger partial charge in [-0.1, -0.05) is 5.75 Å². The Balaban J connectivity index is 3.34. The third kappa shape index (κ3) is 1.21. The van der Waals surface area contributed by atoms with Gasteiger partial charge in [-0.25, -0.2) is 8.78 Å². The quantitative estimate of drug-likeness (QED) is 0.510. The molecule has 0 radical (unpaired) electrons. The van der Waals surface area contributed by atoms with Crippen LogP contribution < -0.4 is 5.11 Å². The Hall–Kier alpha value is -0.390. The molecule has 0 saturated heterocycles. The van der Waals surface area contributed by atoms with Crippen LogP contribution in [0, 0.1) is 15.2 Å². The lowest BCUT2D eigenvalue weighted by molar-refractivity contribution is -0.274. The first-order valence-corrected chi connectivity index (χ1v) is 3.51. The molecular formula is C6H2F2IO-. The summed E-state index contributed by atoms with van der Waals surface area (Å²) in [5.41, 5.74) is 0. The Morgan fingerprint density at radius 1 is 1.30 bits per heavy atom. The highest BCUT2D eigenvalue weighted by molar-refractivity contribution is 14.1. The van der Waals surface area contributed by atoms with Gasteiger partial charge in [-0.05, 0) is 34.7 Å². The SMILES string of the molecule is [O-]c1c(I)ccc(F)c1F. The second-order valence-electron chi connectivity index (χ2n) is 1.67. The molecule has 1 aromatic rings. The van der Waals surface area contributed by atoms with E-state index in [1.165, 1.54) is 6.07 Å². The van der Waals surface area contributed by atoms with Crippen molar-refractivity contribution in [2.75, 3.05) is 0 Å². The molecule has 0 atom stereocenters. The van der Waals surface area contributed by atoms with E-state index in [2.05, 4.69) is 0 Å². The summed E-state index contributed by atoms with van der Waals surface area (Å²) in [5.74, 6) is -3.27. The fourth-order valence-corrected chi connectivity index (χ4v) is 0.925. The van der Waals surface area contributed by atoms with Gasteiger partial charge >= 0.3 is 0 Å². The minimum atomic E-state index is -1.30. The third-order valence-electron chi connectivity index (χ3n) is 1.00. The molecule has 54 valence electrons. The Kier molecular flexibility index (Phi) is 2.08. The van der Waals surface area contributed by atoms with E-state index in [1.807, 2.05) is 0 Å². The molecular weight excluding hydrogens is 253 g/mol. The zero-order valence-electron chi connectivity index (χ0n) is 4.70. The van der Waals surface area contributed by atoms with Crippen molar-refractivity contribution >= 4 is 22.6 Å². The highest BCUT2D eigenvalue weighted by Gasteiger charge is 2.02. The lowest BCUT2D eigenvalue weighted by atomic mass is 10.3. The number of hydrogen-bond acceptors (Lipinski definition) is 1. The summed E-state index contributed by atoms with van der Waals surface area (Å²) in [4.78, 5) is 0. The van der Waals surface area contributed by atoms with Gasteiger partial charge in [0, 0.05) is 3.57 Å². The summed E-state index contributed by atoms with van der Waals surface area (Å²) in [6.07, 6.45) is 0. The molecule has 0 saturated carbocycles. The molecule has 0 aliphatic rings. The topological polar surface area (TPSA) is 23.1 Å². The third-order valence-corrected chi connectivity index (χ3v) is 1.85. The Morgan fingerprint density at radius 2 is 1.90 bits per heavy atom. The Bertz CT molecular complexity index is 235. The van der Waals surface area contributed by atoms with Crippen molar-refractivity contribution in [2.24, 2.45) is 0 Å². The van der Waals surface area contributed by atoms with Crippen LogP contribution >= 0.6 is 22.6 Å². The van der Waals surface area contributed by atoms with Gasteiger partial charge < -0.3 is 5.11 Å². The first-order valence-electron chi connectivity index (χ1n) is 2.43. The van der Waals surface area contributed by atoms with Gasteiger partial charge in [0.1, 0.15) is 0 Å². The Morgan fingerprint density at radius 3 is 2.40 bits per heavy atom. The van der Waals surface area contributed by atoms with Crippen LogP contribution in [0.1, 0.15) is 0 Å². The smallest absolute Gasteiger partial charge is 0.158 e. The fraction of sp³-hybridized carbons (Fsp3) is 0. The van der Waals surface area contributed by atoms with E-state index >= 15 is 0 Å². The maximum Gasteiger partial charge on any atom is 0.158 e. The van der Waals surface area contributed by atoms with Gasteiger partial charge in [0.05, 0.1) is 0 Å². The zero-order chi connectivity index (χ0) is 7.72. The van der Waals surface area contributed by atoms with Crippen molar-refractivity contribution in [1.29, 1.82) is 0 Å². The monoisotopic (exact) mass is 255 g/mol. The van der Waals surface area contributed by atoms with Crippen LogP contribution in [-0.2, 0) is 0 Å². The normalized spacial score (nSPS) is 9.90. The molecule has 0 N–H and O–H groups in total. The summed E-state index contributed by atoms with van der Waals surface area (Å²) < 4.78 is 24.7. The molecule has 1 nitrogen and oxygen atoms in total. The number of rotatable bonds is 0. The van der Waals surface area contributed by atoms with Crippen LogP contribution in [0.25, 0.3) is 0 Å². The predicted molar refractivity (Wildman–Crippen MR) is 38.5 cm³/mol. The van der Waals surface area contributed by atoms with Crippen molar-refractivity contribution < 1.29 is 13.9 Å². The van der Waals surface area contributed by atoms with Crippen molar-refractivity contribution in [3.63, 3.8) is 0 Å². The van der Waals surface area contributed by atoms with Gasteiger partial charge in [0.15, 0.2) is 11.6 Å². The number of hydrogen-bond donors (Lipinski definition) is 0.